The zero-order chi connectivity index (χ0) is 25.0. The van der Waals surface area contributed by atoms with E-state index in [1.807, 2.05) is 0 Å². The highest BCUT2D eigenvalue weighted by Gasteiger charge is 2.24. The van der Waals surface area contributed by atoms with Crippen LogP contribution < -0.4 is 11.5 Å². The Kier molecular flexibility index (Phi) is 19.8. The van der Waals surface area contributed by atoms with Crippen LogP contribution in [0.3, 0.4) is 0 Å². The fourth-order valence-corrected chi connectivity index (χ4v) is 4.62. The molecule has 13 heteroatoms. The summed E-state index contributed by atoms with van der Waals surface area (Å²) in [5.74, 6) is -1.93. The van der Waals surface area contributed by atoms with E-state index in [2.05, 4.69) is 11.1 Å². The summed E-state index contributed by atoms with van der Waals surface area (Å²) in [6.45, 7) is 2.77. The van der Waals surface area contributed by atoms with Gasteiger partial charge in [0.2, 0.25) is 5.08 Å². The maximum absolute atomic E-state index is 11.3. The van der Waals surface area contributed by atoms with Crippen molar-refractivity contribution in [3.63, 3.8) is 0 Å². The number of carbonyl (C=O) groups is 2. The molecule has 6 N–H and O–H groups in total. The molecule has 0 bridgehead atoms. The van der Waals surface area contributed by atoms with Crippen LogP contribution >= 0.6 is 0 Å². The number of aliphatic carboxylic acids is 1. The molecule has 0 aromatic rings. The number of rotatable bonds is 18. The van der Waals surface area contributed by atoms with Crippen molar-refractivity contribution < 1.29 is 40.3 Å². The number of hydrogen-bond donors (Lipinski definition) is 4. The third-order valence-electron chi connectivity index (χ3n) is 4.28. The Hall–Kier alpha value is -1.28. The molecular weight excluding hydrogens is 464 g/mol. The molecule has 0 unspecified atom stereocenters. The zero-order valence-electron chi connectivity index (χ0n) is 18.9. The Morgan fingerprint density at radius 3 is 1.81 bits per heavy atom. The largest absolute Gasteiger partial charge is 0.480 e. The molecule has 11 nitrogen and oxygen atoms in total. The molecule has 0 aliphatic rings. The lowest BCUT2D eigenvalue weighted by Gasteiger charge is -2.04. The number of carboxylic acid groups (broad SMARTS) is 1. The summed E-state index contributed by atoms with van der Waals surface area (Å²) in [6.07, 6.45) is 11.5. The lowest BCUT2D eigenvalue weighted by atomic mass is 10.1. The third-order valence-corrected chi connectivity index (χ3v) is 7.07. The van der Waals surface area contributed by atoms with Gasteiger partial charge >= 0.3 is 22.1 Å². The summed E-state index contributed by atoms with van der Waals surface area (Å²) in [5.41, 5.74) is 10.4. The summed E-state index contributed by atoms with van der Waals surface area (Å²) >= 11 is 0. The molecule has 0 heterocycles. The molecule has 0 aromatic heterocycles. The summed E-state index contributed by atoms with van der Waals surface area (Å²) in [4.78, 5) is 21.4. The second-order valence-corrected chi connectivity index (χ2v) is 10.9. The zero-order valence-corrected chi connectivity index (χ0v) is 20.5. The van der Waals surface area contributed by atoms with E-state index in [4.69, 9.17) is 21.1 Å². The van der Waals surface area contributed by atoms with Crippen LogP contribution in [0.2, 0.25) is 0 Å². The van der Waals surface area contributed by atoms with Crippen LogP contribution in [0.25, 0.3) is 0 Å². The van der Waals surface area contributed by atoms with Gasteiger partial charge in [-0.2, -0.15) is 16.8 Å². The molecule has 0 spiro atoms. The first-order chi connectivity index (χ1) is 14.8. The maximum atomic E-state index is 11.3. The first-order valence-corrected chi connectivity index (χ1v) is 14.1. The number of unbranched alkanes of at least 4 members (excludes halogenated alkanes) is 9. The van der Waals surface area contributed by atoms with Gasteiger partial charge in [-0.1, -0.05) is 64.7 Å². The summed E-state index contributed by atoms with van der Waals surface area (Å²) in [7, 11) is -9.32. The molecule has 1 atom stereocenters. The minimum atomic E-state index is -4.73. The molecule has 0 aliphatic heterocycles. The van der Waals surface area contributed by atoms with Crippen molar-refractivity contribution in [1.29, 1.82) is 0 Å². The Morgan fingerprint density at radius 1 is 0.875 bits per heavy atom. The van der Waals surface area contributed by atoms with Gasteiger partial charge in [-0.3, -0.25) is 14.1 Å². The SMILES string of the molecule is CCCCCCCCCCCC(=O)OS(=O)(=O)CS(=O)(=O)O.NCCCC[C@H](N)C(=O)O. The van der Waals surface area contributed by atoms with Crippen molar-refractivity contribution in [1.82, 2.24) is 0 Å². The van der Waals surface area contributed by atoms with Crippen molar-refractivity contribution in [3.05, 3.63) is 0 Å². The van der Waals surface area contributed by atoms with Crippen LogP contribution in [0, 0.1) is 0 Å². The van der Waals surface area contributed by atoms with Gasteiger partial charge in [0, 0.05) is 6.42 Å². The van der Waals surface area contributed by atoms with E-state index in [0.717, 1.165) is 38.5 Å². The minimum Gasteiger partial charge on any atom is -0.480 e. The van der Waals surface area contributed by atoms with Gasteiger partial charge in [0.05, 0.1) is 0 Å². The Morgan fingerprint density at radius 2 is 1.38 bits per heavy atom. The lowest BCUT2D eigenvalue weighted by molar-refractivity contribution is -0.138. The van der Waals surface area contributed by atoms with Crippen LogP contribution in [0.5, 0.6) is 0 Å². The molecular formula is C19H40N2O9S2. The lowest BCUT2D eigenvalue weighted by Crippen LogP contribution is -2.29. The summed E-state index contributed by atoms with van der Waals surface area (Å²) in [5, 5.41) is 6.72. The van der Waals surface area contributed by atoms with E-state index in [1.165, 1.54) is 25.7 Å². The third kappa shape index (κ3) is 25.0. The average molecular weight is 505 g/mol. The van der Waals surface area contributed by atoms with Crippen molar-refractivity contribution >= 4 is 32.2 Å². The average Bonchev–Trinajstić information content (AvgIpc) is 2.64. The van der Waals surface area contributed by atoms with Gasteiger partial charge < -0.3 is 20.8 Å². The molecule has 0 saturated heterocycles. The topological polar surface area (TPSA) is 204 Å². The number of nitrogens with two attached hydrogens (primary N) is 2. The molecule has 192 valence electrons. The van der Waals surface area contributed by atoms with E-state index >= 15 is 0 Å². The Balaban J connectivity index is 0. The number of carboxylic acids is 1. The van der Waals surface area contributed by atoms with Gasteiger partial charge in [-0.15, -0.1) is 0 Å². The standard InChI is InChI=1S/C13H26O7S2.C6H14N2O2/c1-2-3-4-5-6-7-8-9-10-11-13(14)20-22(18,19)12-21(15,16)17;7-4-2-1-3-5(8)6(9)10/h2-12H2,1H3,(H,15,16,17);5H,1-4,7-8H2,(H,9,10)/t;5-/m.0/s1. The molecule has 0 aliphatic carbocycles. The second-order valence-electron chi connectivity index (χ2n) is 7.52. The predicted molar refractivity (Wildman–Crippen MR) is 122 cm³/mol. The van der Waals surface area contributed by atoms with Crippen molar-refractivity contribution in [3.8, 4) is 0 Å². The molecule has 0 amide bonds. The Bertz CT molecular complexity index is 710. The summed E-state index contributed by atoms with van der Waals surface area (Å²) < 4.78 is 55.6. The van der Waals surface area contributed by atoms with E-state index < -0.39 is 43.3 Å². The van der Waals surface area contributed by atoms with Gasteiger partial charge in [0.15, 0.2) is 0 Å². The maximum Gasteiger partial charge on any atom is 0.328 e. The van der Waals surface area contributed by atoms with Gasteiger partial charge in [0.1, 0.15) is 6.04 Å². The molecule has 0 radical (unpaired) electrons. The van der Waals surface area contributed by atoms with Crippen molar-refractivity contribution in [2.45, 2.75) is 96.4 Å². The van der Waals surface area contributed by atoms with Crippen LogP contribution in [0.1, 0.15) is 90.4 Å². The van der Waals surface area contributed by atoms with E-state index in [1.54, 1.807) is 0 Å². The highest BCUT2D eigenvalue weighted by atomic mass is 32.3. The normalized spacial score (nSPS) is 12.5. The van der Waals surface area contributed by atoms with Crippen LogP contribution in [-0.2, 0) is 34.0 Å². The fourth-order valence-electron chi connectivity index (χ4n) is 2.60. The van der Waals surface area contributed by atoms with Crippen LogP contribution in [0.15, 0.2) is 0 Å². The molecule has 0 fully saturated rings. The smallest absolute Gasteiger partial charge is 0.328 e. The predicted octanol–water partition coefficient (Wildman–Crippen LogP) is 2.15. The second kappa shape index (κ2) is 19.2. The van der Waals surface area contributed by atoms with E-state index in [-0.39, 0.29) is 6.42 Å². The minimum absolute atomic E-state index is 0.0828. The van der Waals surface area contributed by atoms with E-state index in [9.17, 15) is 26.4 Å². The van der Waals surface area contributed by atoms with Crippen LogP contribution in [-0.4, -0.2) is 56.1 Å². The van der Waals surface area contributed by atoms with Crippen LogP contribution in [0.4, 0.5) is 0 Å². The van der Waals surface area contributed by atoms with Gasteiger partial charge in [-0.25, -0.2) is 0 Å². The Labute approximate surface area is 192 Å². The van der Waals surface area contributed by atoms with Gasteiger partial charge in [0.25, 0.3) is 10.1 Å². The van der Waals surface area contributed by atoms with E-state index in [0.29, 0.717) is 19.4 Å². The monoisotopic (exact) mass is 504 g/mol. The first-order valence-electron chi connectivity index (χ1n) is 10.9. The molecule has 32 heavy (non-hydrogen) atoms. The highest BCUT2D eigenvalue weighted by molar-refractivity contribution is 8.03. The highest BCUT2D eigenvalue weighted by Crippen LogP contribution is 2.11. The number of hydrogen-bond acceptors (Lipinski definition) is 9. The van der Waals surface area contributed by atoms with Gasteiger partial charge in [-0.05, 0) is 25.8 Å². The fraction of sp³-hybridized carbons (Fsp3) is 0.895. The first kappa shape index (κ1) is 32.9. The summed E-state index contributed by atoms with van der Waals surface area (Å²) in [6, 6.07) is -0.716. The molecule has 0 aromatic carbocycles. The van der Waals surface area contributed by atoms with Crippen molar-refractivity contribution in [2.75, 3.05) is 11.6 Å². The molecule has 0 saturated carbocycles. The quantitative estimate of drug-likeness (QED) is 0.121. The molecule has 0 rings (SSSR count). The number of carbonyl (C=O) groups excluding carboxylic acids is 1. The van der Waals surface area contributed by atoms with Crippen molar-refractivity contribution in [2.24, 2.45) is 11.5 Å².